The Balaban J connectivity index is 1.61. The van der Waals surface area contributed by atoms with Crippen molar-refractivity contribution in [2.75, 3.05) is 10.6 Å². The summed E-state index contributed by atoms with van der Waals surface area (Å²) in [6, 6.07) is 15.1. The summed E-state index contributed by atoms with van der Waals surface area (Å²) in [5.74, 6) is 0.595. The van der Waals surface area contributed by atoms with Crippen molar-refractivity contribution in [3.05, 3.63) is 65.9 Å². The molecule has 0 saturated carbocycles. The molecule has 1 aliphatic carbocycles. The summed E-state index contributed by atoms with van der Waals surface area (Å²) in [7, 11) is 0. The maximum Gasteiger partial charge on any atom is 0.325 e. The highest BCUT2D eigenvalue weighted by Crippen LogP contribution is 2.26. The highest BCUT2D eigenvalue weighted by atomic mass is 16.4. The zero-order valence-electron chi connectivity index (χ0n) is 15.5. The van der Waals surface area contributed by atoms with E-state index >= 15 is 0 Å². The number of carboxylic acid groups (broad SMARTS) is 1. The standard InChI is InChI=1S/C21H21N5O2/c1-13(21(27)28)23-18-12-19(26-20(25-18)17-8-4-5-9-22-17)24-16-10-14-6-2-3-7-15(14)11-16/h2-9,12-13,16H,10-11H2,1H3,(H,27,28)(H2,23,24,25,26)/t13-/m1/s1. The van der Waals surface area contributed by atoms with E-state index < -0.39 is 12.0 Å². The average Bonchev–Trinajstić information content (AvgIpc) is 3.10. The number of hydrogen-bond donors (Lipinski definition) is 3. The van der Waals surface area contributed by atoms with Crippen molar-refractivity contribution in [2.24, 2.45) is 0 Å². The second-order valence-electron chi connectivity index (χ2n) is 6.90. The van der Waals surface area contributed by atoms with Crippen LogP contribution < -0.4 is 10.6 Å². The van der Waals surface area contributed by atoms with Gasteiger partial charge in [0, 0.05) is 18.3 Å². The van der Waals surface area contributed by atoms with E-state index in [2.05, 4.69) is 49.9 Å². The van der Waals surface area contributed by atoms with Gasteiger partial charge in [-0.15, -0.1) is 0 Å². The normalized spacial score (nSPS) is 14.3. The van der Waals surface area contributed by atoms with Crippen LogP contribution in [0.1, 0.15) is 18.1 Å². The molecule has 0 unspecified atom stereocenters. The van der Waals surface area contributed by atoms with Crippen LogP contribution >= 0.6 is 0 Å². The molecule has 0 fully saturated rings. The summed E-state index contributed by atoms with van der Waals surface area (Å²) in [6.45, 7) is 1.57. The van der Waals surface area contributed by atoms with Crippen LogP contribution in [0.3, 0.4) is 0 Å². The van der Waals surface area contributed by atoms with Gasteiger partial charge in [0.2, 0.25) is 0 Å². The molecule has 3 N–H and O–H groups in total. The van der Waals surface area contributed by atoms with Crippen LogP contribution in [0.2, 0.25) is 0 Å². The first-order valence-corrected chi connectivity index (χ1v) is 9.21. The molecule has 142 valence electrons. The summed E-state index contributed by atoms with van der Waals surface area (Å²) in [4.78, 5) is 24.6. The first kappa shape index (κ1) is 17.9. The molecule has 3 aromatic rings. The van der Waals surface area contributed by atoms with Gasteiger partial charge in [0.15, 0.2) is 5.82 Å². The van der Waals surface area contributed by atoms with E-state index in [9.17, 15) is 9.90 Å². The van der Waals surface area contributed by atoms with Gasteiger partial charge in [-0.25, -0.2) is 9.97 Å². The zero-order chi connectivity index (χ0) is 19.5. The molecule has 0 radical (unpaired) electrons. The highest BCUT2D eigenvalue weighted by Gasteiger charge is 2.22. The Morgan fingerprint density at radius 3 is 2.39 bits per heavy atom. The number of rotatable bonds is 6. The van der Waals surface area contributed by atoms with Crippen LogP contribution in [0.15, 0.2) is 54.7 Å². The minimum Gasteiger partial charge on any atom is -0.480 e. The summed E-state index contributed by atoms with van der Waals surface area (Å²) in [6.07, 6.45) is 3.53. The number of hydrogen-bond acceptors (Lipinski definition) is 6. The predicted molar refractivity (Wildman–Crippen MR) is 107 cm³/mol. The number of carboxylic acids is 1. The third kappa shape index (κ3) is 3.93. The highest BCUT2D eigenvalue weighted by molar-refractivity contribution is 5.76. The van der Waals surface area contributed by atoms with Gasteiger partial charge in [0.1, 0.15) is 23.4 Å². The van der Waals surface area contributed by atoms with Crippen molar-refractivity contribution < 1.29 is 9.90 Å². The molecule has 0 saturated heterocycles. The number of fused-ring (bicyclic) bond motifs is 1. The molecular formula is C21H21N5O2. The Hall–Kier alpha value is -3.48. The molecule has 1 aromatic carbocycles. The van der Waals surface area contributed by atoms with E-state index in [0.717, 1.165) is 12.8 Å². The SMILES string of the molecule is C[C@@H](Nc1cc(NC2Cc3ccccc3C2)nc(-c2ccccn2)n1)C(=O)O. The van der Waals surface area contributed by atoms with Gasteiger partial charge in [-0.2, -0.15) is 0 Å². The molecule has 0 bridgehead atoms. The summed E-state index contributed by atoms with van der Waals surface area (Å²) < 4.78 is 0. The molecule has 2 heterocycles. The fraction of sp³-hybridized carbons (Fsp3) is 0.238. The van der Waals surface area contributed by atoms with Crippen molar-refractivity contribution in [3.63, 3.8) is 0 Å². The number of pyridine rings is 1. The van der Waals surface area contributed by atoms with Crippen LogP contribution in [-0.2, 0) is 17.6 Å². The van der Waals surface area contributed by atoms with Gasteiger partial charge in [0.05, 0.1) is 0 Å². The number of nitrogens with zero attached hydrogens (tertiary/aromatic N) is 3. The van der Waals surface area contributed by atoms with E-state index in [4.69, 9.17) is 0 Å². The van der Waals surface area contributed by atoms with E-state index in [0.29, 0.717) is 23.2 Å². The van der Waals surface area contributed by atoms with E-state index in [1.807, 2.05) is 18.2 Å². The maximum absolute atomic E-state index is 11.2. The Morgan fingerprint density at radius 2 is 1.75 bits per heavy atom. The first-order valence-electron chi connectivity index (χ1n) is 9.21. The molecule has 7 heteroatoms. The van der Waals surface area contributed by atoms with Gasteiger partial charge in [0.25, 0.3) is 0 Å². The van der Waals surface area contributed by atoms with E-state index in [1.54, 1.807) is 19.2 Å². The summed E-state index contributed by atoms with van der Waals surface area (Å²) in [5.41, 5.74) is 3.32. The molecule has 1 atom stereocenters. The monoisotopic (exact) mass is 375 g/mol. The van der Waals surface area contributed by atoms with Crippen LogP contribution in [0.25, 0.3) is 11.5 Å². The molecule has 28 heavy (non-hydrogen) atoms. The van der Waals surface area contributed by atoms with Gasteiger partial charge in [-0.05, 0) is 43.0 Å². The Morgan fingerprint density at radius 1 is 1.07 bits per heavy atom. The molecule has 0 spiro atoms. The van der Waals surface area contributed by atoms with E-state index in [-0.39, 0.29) is 6.04 Å². The molecule has 7 nitrogen and oxygen atoms in total. The number of nitrogens with one attached hydrogen (secondary N) is 2. The molecule has 1 aliphatic rings. The molecule has 2 aromatic heterocycles. The lowest BCUT2D eigenvalue weighted by Gasteiger charge is -2.16. The molecular weight excluding hydrogens is 354 g/mol. The van der Waals surface area contributed by atoms with Crippen LogP contribution in [0.4, 0.5) is 11.6 Å². The van der Waals surface area contributed by atoms with Gasteiger partial charge < -0.3 is 15.7 Å². The van der Waals surface area contributed by atoms with Crippen molar-refractivity contribution in [3.8, 4) is 11.5 Å². The van der Waals surface area contributed by atoms with Gasteiger partial charge >= 0.3 is 5.97 Å². The van der Waals surface area contributed by atoms with Crippen LogP contribution in [0.5, 0.6) is 0 Å². The Labute approximate surface area is 162 Å². The van der Waals surface area contributed by atoms with Crippen molar-refractivity contribution in [1.82, 2.24) is 15.0 Å². The number of aliphatic carboxylic acids is 1. The van der Waals surface area contributed by atoms with Gasteiger partial charge in [-0.3, -0.25) is 9.78 Å². The second-order valence-corrected chi connectivity index (χ2v) is 6.90. The van der Waals surface area contributed by atoms with Crippen LogP contribution in [-0.4, -0.2) is 38.1 Å². The number of anilines is 2. The fourth-order valence-electron chi connectivity index (χ4n) is 3.36. The number of benzene rings is 1. The maximum atomic E-state index is 11.2. The first-order chi connectivity index (χ1) is 13.6. The van der Waals surface area contributed by atoms with Crippen molar-refractivity contribution in [1.29, 1.82) is 0 Å². The minimum atomic E-state index is -0.946. The molecule has 0 aliphatic heterocycles. The summed E-state index contributed by atoms with van der Waals surface area (Å²) >= 11 is 0. The Bertz CT molecular complexity index is 968. The van der Waals surface area contributed by atoms with Crippen molar-refractivity contribution >= 4 is 17.6 Å². The van der Waals surface area contributed by atoms with Crippen molar-refractivity contribution in [2.45, 2.75) is 31.8 Å². The number of aromatic nitrogens is 3. The second kappa shape index (κ2) is 7.64. The predicted octanol–water partition coefficient (Wildman–Crippen LogP) is 3.00. The third-order valence-corrected chi connectivity index (χ3v) is 4.76. The smallest absolute Gasteiger partial charge is 0.325 e. The minimum absolute atomic E-state index is 0.230. The lowest BCUT2D eigenvalue weighted by atomic mass is 10.1. The lowest BCUT2D eigenvalue weighted by molar-refractivity contribution is -0.137. The van der Waals surface area contributed by atoms with E-state index in [1.165, 1.54) is 11.1 Å². The lowest BCUT2D eigenvalue weighted by Crippen LogP contribution is -2.26. The topological polar surface area (TPSA) is 100 Å². The van der Waals surface area contributed by atoms with Crippen LogP contribution in [0, 0.1) is 0 Å². The quantitative estimate of drug-likeness (QED) is 0.609. The third-order valence-electron chi connectivity index (χ3n) is 4.76. The summed E-state index contributed by atoms with van der Waals surface area (Å²) in [5, 5.41) is 15.6. The number of carbonyl (C=O) groups is 1. The van der Waals surface area contributed by atoms with Gasteiger partial charge in [-0.1, -0.05) is 30.3 Å². The average molecular weight is 375 g/mol. The molecule has 4 rings (SSSR count). The Kier molecular flexibility index (Phi) is 4.89. The largest absolute Gasteiger partial charge is 0.480 e. The zero-order valence-corrected chi connectivity index (χ0v) is 15.5. The molecule has 0 amide bonds. The fourth-order valence-corrected chi connectivity index (χ4v) is 3.36.